The van der Waals surface area contributed by atoms with Crippen molar-refractivity contribution in [3.05, 3.63) is 54.1 Å². The SMILES string of the molecule is C=C(/C=C/c1ccccc1)C(C)=O. The molecule has 1 aromatic rings. The molecule has 66 valence electrons. The van der Waals surface area contributed by atoms with Gasteiger partial charge in [-0.3, -0.25) is 4.79 Å². The van der Waals surface area contributed by atoms with E-state index < -0.39 is 0 Å². The minimum atomic E-state index is 0.00665. The van der Waals surface area contributed by atoms with E-state index in [1.807, 2.05) is 36.4 Å². The molecule has 0 fully saturated rings. The zero-order valence-electron chi connectivity index (χ0n) is 7.66. The maximum Gasteiger partial charge on any atom is 0.159 e. The van der Waals surface area contributed by atoms with Gasteiger partial charge in [-0.25, -0.2) is 0 Å². The van der Waals surface area contributed by atoms with E-state index in [2.05, 4.69) is 6.58 Å². The molecular weight excluding hydrogens is 160 g/mol. The summed E-state index contributed by atoms with van der Waals surface area (Å²) in [5, 5.41) is 0. The lowest BCUT2D eigenvalue weighted by atomic mass is 10.1. The van der Waals surface area contributed by atoms with Crippen LogP contribution >= 0.6 is 0 Å². The largest absolute Gasteiger partial charge is 0.295 e. The second kappa shape index (κ2) is 4.41. The molecule has 0 radical (unpaired) electrons. The maximum absolute atomic E-state index is 10.8. The van der Waals surface area contributed by atoms with Crippen molar-refractivity contribution in [2.24, 2.45) is 0 Å². The van der Waals surface area contributed by atoms with Gasteiger partial charge in [0.15, 0.2) is 5.78 Å². The minimum Gasteiger partial charge on any atom is -0.295 e. The summed E-state index contributed by atoms with van der Waals surface area (Å²) >= 11 is 0. The Hall–Kier alpha value is -1.63. The molecule has 0 aliphatic heterocycles. The van der Waals surface area contributed by atoms with Gasteiger partial charge in [0.25, 0.3) is 0 Å². The summed E-state index contributed by atoms with van der Waals surface area (Å²) in [5.41, 5.74) is 1.61. The van der Waals surface area contributed by atoms with E-state index in [1.54, 1.807) is 6.08 Å². The van der Waals surface area contributed by atoms with Crippen molar-refractivity contribution in [2.75, 3.05) is 0 Å². The highest BCUT2D eigenvalue weighted by Gasteiger charge is 1.93. The van der Waals surface area contributed by atoms with Crippen molar-refractivity contribution >= 4 is 11.9 Å². The molecule has 0 atom stereocenters. The average molecular weight is 172 g/mol. The van der Waals surface area contributed by atoms with Gasteiger partial charge in [-0.2, -0.15) is 0 Å². The van der Waals surface area contributed by atoms with Crippen LogP contribution < -0.4 is 0 Å². The third-order valence-electron chi connectivity index (χ3n) is 1.73. The fourth-order valence-electron chi connectivity index (χ4n) is 0.878. The Morgan fingerprint density at radius 2 is 1.92 bits per heavy atom. The third-order valence-corrected chi connectivity index (χ3v) is 1.73. The van der Waals surface area contributed by atoms with Crippen molar-refractivity contribution in [3.8, 4) is 0 Å². The Labute approximate surface area is 78.4 Å². The number of Topliss-reactive ketones (excluding diaryl/α,β-unsaturated/α-hetero) is 1. The molecule has 0 saturated carbocycles. The molecule has 0 aliphatic rings. The first-order valence-electron chi connectivity index (χ1n) is 4.13. The summed E-state index contributed by atoms with van der Waals surface area (Å²) in [6.07, 6.45) is 3.61. The summed E-state index contributed by atoms with van der Waals surface area (Å²) < 4.78 is 0. The van der Waals surface area contributed by atoms with E-state index in [1.165, 1.54) is 6.92 Å². The van der Waals surface area contributed by atoms with Gasteiger partial charge in [0, 0.05) is 5.57 Å². The lowest BCUT2D eigenvalue weighted by Crippen LogP contribution is -1.89. The quantitative estimate of drug-likeness (QED) is 0.506. The van der Waals surface area contributed by atoms with Gasteiger partial charge in [-0.05, 0) is 12.5 Å². The molecule has 13 heavy (non-hydrogen) atoms. The van der Waals surface area contributed by atoms with Crippen LogP contribution in [0.3, 0.4) is 0 Å². The molecule has 1 nitrogen and oxygen atoms in total. The molecule has 0 spiro atoms. The van der Waals surface area contributed by atoms with Crippen LogP contribution in [0.4, 0.5) is 0 Å². The van der Waals surface area contributed by atoms with E-state index in [4.69, 9.17) is 0 Å². The monoisotopic (exact) mass is 172 g/mol. The van der Waals surface area contributed by atoms with Gasteiger partial charge in [0.2, 0.25) is 0 Å². The van der Waals surface area contributed by atoms with E-state index in [-0.39, 0.29) is 5.78 Å². The molecular formula is C12H12O. The van der Waals surface area contributed by atoms with Gasteiger partial charge in [0.1, 0.15) is 0 Å². The van der Waals surface area contributed by atoms with Crippen molar-refractivity contribution in [1.82, 2.24) is 0 Å². The highest BCUT2D eigenvalue weighted by molar-refractivity contribution is 5.96. The molecule has 1 heteroatoms. The standard InChI is InChI=1S/C12H12O/c1-10(11(2)13)8-9-12-6-4-3-5-7-12/h3-9H,1H2,2H3/b9-8+. The predicted molar refractivity (Wildman–Crippen MR) is 55.3 cm³/mol. The summed E-state index contributed by atoms with van der Waals surface area (Å²) in [6, 6.07) is 9.82. The van der Waals surface area contributed by atoms with Crippen molar-refractivity contribution in [3.63, 3.8) is 0 Å². The summed E-state index contributed by atoms with van der Waals surface area (Å²) in [7, 11) is 0. The second-order valence-corrected chi connectivity index (χ2v) is 2.83. The van der Waals surface area contributed by atoms with Crippen LogP contribution in [0.2, 0.25) is 0 Å². The zero-order chi connectivity index (χ0) is 9.68. The van der Waals surface area contributed by atoms with Crippen molar-refractivity contribution < 1.29 is 4.79 Å². The number of ketones is 1. The van der Waals surface area contributed by atoms with E-state index in [9.17, 15) is 4.79 Å². The third kappa shape index (κ3) is 3.08. The molecule has 0 N–H and O–H groups in total. The van der Waals surface area contributed by atoms with Crippen molar-refractivity contribution in [2.45, 2.75) is 6.92 Å². The van der Waals surface area contributed by atoms with Crippen LogP contribution in [0, 0.1) is 0 Å². The number of rotatable bonds is 3. The van der Waals surface area contributed by atoms with Crippen LogP contribution in [0.5, 0.6) is 0 Å². The Bertz CT molecular complexity index is 333. The van der Waals surface area contributed by atoms with E-state index in [0.29, 0.717) is 5.57 Å². The van der Waals surface area contributed by atoms with Crippen molar-refractivity contribution in [1.29, 1.82) is 0 Å². The Morgan fingerprint density at radius 1 is 1.31 bits per heavy atom. The first-order valence-corrected chi connectivity index (χ1v) is 4.13. The number of carbonyl (C=O) groups is 1. The highest BCUT2D eigenvalue weighted by atomic mass is 16.1. The maximum atomic E-state index is 10.8. The number of allylic oxidation sites excluding steroid dienone is 2. The van der Waals surface area contributed by atoms with Gasteiger partial charge in [-0.1, -0.05) is 49.1 Å². The van der Waals surface area contributed by atoms with Crippen LogP contribution in [-0.2, 0) is 4.79 Å². The zero-order valence-corrected chi connectivity index (χ0v) is 7.66. The molecule has 0 amide bonds. The van der Waals surface area contributed by atoms with Gasteiger partial charge in [-0.15, -0.1) is 0 Å². The summed E-state index contributed by atoms with van der Waals surface area (Å²) in [6.45, 7) is 5.14. The van der Waals surface area contributed by atoms with Crippen LogP contribution in [0.1, 0.15) is 12.5 Å². The molecule has 0 aliphatic carbocycles. The van der Waals surface area contributed by atoms with Gasteiger partial charge >= 0.3 is 0 Å². The van der Waals surface area contributed by atoms with Crippen LogP contribution in [0.25, 0.3) is 6.08 Å². The Balaban J connectivity index is 2.70. The number of benzene rings is 1. The summed E-state index contributed by atoms with van der Waals surface area (Å²) in [5.74, 6) is 0.00665. The van der Waals surface area contributed by atoms with Gasteiger partial charge in [0.05, 0.1) is 0 Å². The fraction of sp³-hybridized carbons (Fsp3) is 0.0833. The second-order valence-electron chi connectivity index (χ2n) is 2.83. The predicted octanol–water partition coefficient (Wildman–Crippen LogP) is 2.85. The summed E-state index contributed by atoms with van der Waals surface area (Å²) in [4.78, 5) is 10.8. The highest BCUT2D eigenvalue weighted by Crippen LogP contribution is 2.04. The number of hydrogen-bond donors (Lipinski definition) is 0. The molecule has 0 bridgehead atoms. The minimum absolute atomic E-state index is 0.00665. The Kier molecular flexibility index (Phi) is 3.21. The molecule has 1 aromatic carbocycles. The number of carbonyl (C=O) groups excluding carboxylic acids is 1. The number of hydrogen-bond acceptors (Lipinski definition) is 1. The van der Waals surface area contributed by atoms with E-state index in [0.717, 1.165) is 5.56 Å². The molecule has 0 saturated heterocycles. The molecule has 1 rings (SSSR count). The molecule has 0 unspecified atom stereocenters. The fourth-order valence-corrected chi connectivity index (χ4v) is 0.878. The van der Waals surface area contributed by atoms with E-state index >= 15 is 0 Å². The van der Waals surface area contributed by atoms with Crippen LogP contribution in [0.15, 0.2) is 48.6 Å². The van der Waals surface area contributed by atoms with Crippen LogP contribution in [-0.4, -0.2) is 5.78 Å². The first-order chi connectivity index (χ1) is 6.20. The lowest BCUT2D eigenvalue weighted by molar-refractivity contribution is -0.113. The normalized spacial score (nSPS) is 10.2. The smallest absolute Gasteiger partial charge is 0.159 e. The topological polar surface area (TPSA) is 17.1 Å². The molecule has 0 aromatic heterocycles. The average Bonchev–Trinajstić information content (AvgIpc) is 2.15. The first kappa shape index (κ1) is 9.46. The Morgan fingerprint density at radius 3 is 2.46 bits per heavy atom. The molecule has 0 heterocycles. The lowest BCUT2D eigenvalue weighted by Gasteiger charge is -1.92. The van der Waals surface area contributed by atoms with Gasteiger partial charge < -0.3 is 0 Å².